The molecule has 0 heterocycles. The molecular weight excluding hydrogens is 350 g/mol. The number of carbonyl (C=O) groups excluding carboxylic acids is 4. The van der Waals surface area contributed by atoms with Gasteiger partial charge in [0.2, 0.25) is 23.6 Å². The van der Waals surface area contributed by atoms with Gasteiger partial charge in [-0.25, -0.2) is 0 Å². The maximum atomic E-state index is 12.3. The van der Waals surface area contributed by atoms with Crippen molar-refractivity contribution in [3.63, 3.8) is 0 Å². The first-order valence-corrected chi connectivity index (χ1v) is 7.77. The van der Waals surface area contributed by atoms with E-state index in [1.165, 1.54) is 13.8 Å². The van der Waals surface area contributed by atoms with E-state index in [4.69, 9.17) is 16.6 Å². The summed E-state index contributed by atoms with van der Waals surface area (Å²) in [5, 5.41) is 24.8. The minimum Gasteiger partial charge on any atom is -0.480 e. The van der Waals surface area contributed by atoms with Crippen molar-refractivity contribution in [1.82, 2.24) is 16.0 Å². The average Bonchev–Trinajstić information content (AvgIpc) is 2.52. The van der Waals surface area contributed by atoms with Crippen LogP contribution in [-0.4, -0.2) is 70.6 Å². The lowest BCUT2D eigenvalue weighted by molar-refractivity contribution is -0.139. The molecule has 0 aromatic heterocycles. The van der Waals surface area contributed by atoms with Gasteiger partial charge >= 0.3 is 5.97 Å². The summed E-state index contributed by atoms with van der Waals surface area (Å²) in [7, 11) is 0. The Bertz CT molecular complexity index is 550. The normalized spacial score (nSPS) is 15.1. The van der Waals surface area contributed by atoms with Gasteiger partial charge in [-0.1, -0.05) is 0 Å². The van der Waals surface area contributed by atoms with Crippen LogP contribution in [0.5, 0.6) is 0 Å². The predicted molar refractivity (Wildman–Crippen MR) is 88.3 cm³/mol. The lowest BCUT2D eigenvalue weighted by atomic mass is 10.1. The maximum Gasteiger partial charge on any atom is 0.322 e. The second kappa shape index (κ2) is 11.0. The largest absolute Gasteiger partial charge is 0.480 e. The number of primary amides is 1. The van der Waals surface area contributed by atoms with Gasteiger partial charge in [0, 0.05) is 6.42 Å². The molecule has 0 radical (unpaired) electrons. The number of hydrogen-bond acceptors (Lipinski definition) is 7. The number of aliphatic hydroxyl groups is 1. The van der Waals surface area contributed by atoms with Crippen LogP contribution in [0.25, 0.3) is 0 Å². The van der Waals surface area contributed by atoms with Crippen molar-refractivity contribution < 1.29 is 34.2 Å². The Hall–Kier alpha value is -2.73. The van der Waals surface area contributed by atoms with Gasteiger partial charge in [-0.2, -0.15) is 0 Å². The molecule has 0 spiro atoms. The monoisotopic (exact) mass is 375 g/mol. The third kappa shape index (κ3) is 8.94. The summed E-state index contributed by atoms with van der Waals surface area (Å²) in [5.74, 6) is -4.47. The van der Waals surface area contributed by atoms with E-state index < -0.39 is 60.4 Å². The van der Waals surface area contributed by atoms with E-state index in [2.05, 4.69) is 10.6 Å². The van der Waals surface area contributed by atoms with Crippen molar-refractivity contribution in [3.8, 4) is 0 Å². The number of amides is 4. The fraction of sp³-hybridized carbons (Fsp3) is 0.643. The molecule has 0 aliphatic carbocycles. The van der Waals surface area contributed by atoms with Crippen molar-refractivity contribution in [2.45, 2.75) is 50.9 Å². The highest BCUT2D eigenvalue weighted by Crippen LogP contribution is 2.01. The topological polar surface area (TPSA) is 214 Å². The zero-order valence-corrected chi connectivity index (χ0v) is 14.5. The number of nitrogens with one attached hydrogen (secondary N) is 3. The lowest BCUT2D eigenvalue weighted by Gasteiger charge is -2.24. The highest BCUT2D eigenvalue weighted by molar-refractivity contribution is 5.94. The van der Waals surface area contributed by atoms with Crippen LogP contribution in [0.4, 0.5) is 0 Å². The van der Waals surface area contributed by atoms with E-state index >= 15 is 0 Å². The molecular formula is C14H25N5O7. The molecule has 12 nitrogen and oxygen atoms in total. The molecule has 0 rings (SSSR count). The number of carbonyl (C=O) groups is 5. The Kier molecular flexibility index (Phi) is 9.84. The third-order valence-electron chi connectivity index (χ3n) is 3.20. The van der Waals surface area contributed by atoms with Gasteiger partial charge in [0.15, 0.2) is 0 Å². The quantitative estimate of drug-likeness (QED) is 0.189. The molecule has 4 amide bonds. The number of carboxylic acid groups (broad SMARTS) is 1. The first-order chi connectivity index (χ1) is 12.0. The Balaban J connectivity index is 5.12. The fourth-order valence-corrected chi connectivity index (χ4v) is 1.79. The minimum atomic E-state index is -1.47. The molecule has 0 saturated heterocycles. The van der Waals surface area contributed by atoms with E-state index in [9.17, 15) is 29.1 Å². The van der Waals surface area contributed by atoms with Crippen LogP contribution in [0.1, 0.15) is 26.7 Å². The zero-order chi connectivity index (χ0) is 20.4. The van der Waals surface area contributed by atoms with Crippen LogP contribution < -0.4 is 27.4 Å². The Morgan fingerprint density at radius 3 is 2.00 bits per heavy atom. The van der Waals surface area contributed by atoms with Crippen LogP contribution in [0.3, 0.4) is 0 Å². The van der Waals surface area contributed by atoms with E-state index in [1.54, 1.807) is 0 Å². The summed E-state index contributed by atoms with van der Waals surface area (Å²) in [5.41, 5.74) is 10.4. The third-order valence-corrected chi connectivity index (χ3v) is 3.20. The van der Waals surface area contributed by atoms with Crippen molar-refractivity contribution in [1.29, 1.82) is 0 Å². The van der Waals surface area contributed by atoms with Crippen LogP contribution in [0.15, 0.2) is 0 Å². The molecule has 9 N–H and O–H groups in total. The van der Waals surface area contributed by atoms with Crippen molar-refractivity contribution >= 4 is 29.6 Å². The molecule has 0 saturated carbocycles. The number of rotatable bonds is 11. The summed E-state index contributed by atoms with van der Waals surface area (Å²) >= 11 is 0. The number of aliphatic carboxylic acids is 1. The van der Waals surface area contributed by atoms with Crippen molar-refractivity contribution in [2.24, 2.45) is 11.5 Å². The van der Waals surface area contributed by atoms with Gasteiger partial charge < -0.3 is 37.6 Å². The summed E-state index contributed by atoms with van der Waals surface area (Å²) < 4.78 is 0. The summed E-state index contributed by atoms with van der Waals surface area (Å²) in [6.07, 6.45) is -1.72. The van der Waals surface area contributed by atoms with E-state index in [1.807, 2.05) is 5.32 Å². The molecule has 4 atom stereocenters. The Labute approximate surface area is 149 Å². The second-order valence-electron chi connectivity index (χ2n) is 5.69. The number of aliphatic hydroxyl groups excluding tert-OH is 1. The van der Waals surface area contributed by atoms with E-state index in [0.717, 1.165) is 0 Å². The first kappa shape index (κ1) is 23.3. The predicted octanol–water partition coefficient (Wildman–Crippen LogP) is -3.85. The number of carboxylic acids is 1. The van der Waals surface area contributed by atoms with Gasteiger partial charge in [-0.15, -0.1) is 0 Å². The fourth-order valence-electron chi connectivity index (χ4n) is 1.79. The molecule has 0 fully saturated rings. The zero-order valence-electron chi connectivity index (χ0n) is 14.5. The van der Waals surface area contributed by atoms with Gasteiger partial charge in [-0.3, -0.25) is 24.0 Å². The maximum absolute atomic E-state index is 12.3. The van der Waals surface area contributed by atoms with Crippen LogP contribution in [0, 0.1) is 0 Å². The highest BCUT2D eigenvalue weighted by Gasteiger charge is 2.30. The number of nitrogens with two attached hydrogens (primary N) is 2. The standard InChI is InChI=1S/C14H25N5O7/c1-6(15)12(24)18-8(3-4-9(16)21)13(25)19-11(7(2)20)14(26)17-5-10(22)23/h6-8,11,20H,3-5,15H2,1-2H3,(H2,16,21)(H,17,26)(H,18,24)(H,19,25)(H,22,23). The summed E-state index contributed by atoms with van der Waals surface area (Å²) in [6.45, 7) is 1.89. The van der Waals surface area contributed by atoms with E-state index in [-0.39, 0.29) is 12.8 Å². The molecule has 0 aliphatic heterocycles. The summed E-state index contributed by atoms with van der Waals surface area (Å²) in [4.78, 5) is 57.4. The molecule has 0 aromatic rings. The molecule has 148 valence electrons. The van der Waals surface area contributed by atoms with Crippen LogP contribution >= 0.6 is 0 Å². The van der Waals surface area contributed by atoms with Crippen LogP contribution in [-0.2, 0) is 24.0 Å². The smallest absolute Gasteiger partial charge is 0.322 e. The molecule has 0 bridgehead atoms. The summed E-state index contributed by atoms with van der Waals surface area (Å²) in [6, 6.07) is -3.62. The second-order valence-corrected chi connectivity index (χ2v) is 5.69. The van der Waals surface area contributed by atoms with Gasteiger partial charge in [0.1, 0.15) is 18.6 Å². The molecule has 0 aromatic carbocycles. The van der Waals surface area contributed by atoms with Crippen molar-refractivity contribution in [3.05, 3.63) is 0 Å². The van der Waals surface area contributed by atoms with Gasteiger partial charge in [-0.05, 0) is 20.3 Å². The SMILES string of the molecule is CC(N)C(=O)NC(CCC(N)=O)C(=O)NC(C(=O)NCC(=O)O)C(C)O. The molecule has 12 heteroatoms. The number of hydrogen-bond donors (Lipinski definition) is 7. The first-order valence-electron chi connectivity index (χ1n) is 7.77. The highest BCUT2D eigenvalue weighted by atomic mass is 16.4. The van der Waals surface area contributed by atoms with Crippen LogP contribution in [0.2, 0.25) is 0 Å². The van der Waals surface area contributed by atoms with Crippen molar-refractivity contribution in [2.75, 3.05) is 6.54 Å². The minimum absolute atomic E-state index is 0.150. The molecule has 0 aliphatic rings. The average molecular weight is 375 g/mol. The Morgan fingerprint density at radius 1 is 1.00 bits per heavy atom. The molecule has 4 unspecified atom stereocenters. The molecule has 26 heavy (non-hydrogen) atoms. The Morgan fingerprint density at radius 2 is 1.58 bits per heavy atom. The van der Waals surface area contributed by atoms with Gasteiger partial charge in [0.25, 0.3) is 0 Å². The van der Waals surface area contributed by atoms with Gasteiger partial charge in [0.05, 0.1) is 12.1 Å². The van der Waals surface area contributed by atoms with E-state index in [0.29, 0.717) is 0 Å². The lowest BCUT2D eigenvalue weighted by Crippen LogP contribution is -2.58.